The molecule has 4 rings (SSSR count). The average Bonchev–Trinajstić information content (AvgIpc) is 3.14. The summed E-state index contributed by atoms with van der Waals surface area (Å²) in [4.78, 5) is 15.5. The first-order valence-electron chi connectivity index (χ1n) is 7.64. The Kier molecular flexibility index (Phi) is 3.18. The Labute approximate surface area is 128 Å². The van der Waals surface area contributed by atoms with Crippen molar-refractivity contribution in [3.8, 4) is 0 Å². The number of benzene rings is 1. The van der Waals surface area contributed by atoms with Crippen molar-refractivity contribution in [2.75, 3.05) is 0 Å². The summed E-state index contributed by atoms with van der Waals surface area (Å²) in [6, 6.07) is 10.3. The molecule has 112 valence electrons. The van der Waals surface area contributed by atoms with E-state index in [1.54, 1.807) is 0 Å². The Balaban J connectivity index is 1.43. The highest BCUT2D eigenvalue weighted by atomic mass is 16.1. The predicted molar refractivity (Wildman–Crippen MR) is 84.5 cm³/mol. The van der Waals surface area contributed by atoms with E-state index >= 15 is 0 Å². The lowest BCUT2D eigenvalue weighted by molar-refractivity contribution is -0.121. The molecular formula is C17H18N4O. The fourth-order valence-corrected chi connectivity index (χ4v) is 3.22. The van der Waals surface area contributed by atoms with Crippen LogP contribution in [0, 0.1) is 0 Å². The van der Waals surface area contributed by atoms with Crippen LogP contribution >= 0.6 is 0 Å². The highest BCUT2D eigenvalue weighted by Crippen LogP contribution is 2.19. The highest BCUT2D eigenvalue weighted by molar-refractivity contribution is 5.88. The van der Waals surface area contributed by atoms with Gasteiger partial charge in [-0.3, -0.25) is 9.48 Å². The molecule has 0 fully saturated rings. The molecule has 1 aliphatic heterocycles. The molecule has 5 heteroatoms. The van der Waals surface area contributed by atoms with Crippen LogP contribution in [0.4, 0.5) is 0 Å². The SMILES string of the molecule is O=C(Cc1c[nH]c2ccccc12)N[C@H]1CCn2nccc2C1. The summed E-state index contributed by atoms with van der Waals surface area (Å²) in [6.07, 6.45) is 5.97. The average molecular weight is 294 g/mol. The smallest absolute Gasteiger partial charge is 0.224 e. The first-order valence-corrected chi connectivity index (χ1v) is 7.64. The van der Waals surface area contributed by atoms with Crippen LogP contribution in [-0.2, 0) is 24.2 Å². The lowest BCUT2D eigenvalue weighted by Gasteiger charge is -2.24. The van der Waals surface area contributed by atoms with E-state index in [2.05, 4.69) is 15.4 Å². The molecule has 0 spiro atoms. The standard InChI is InChI=1S/C17H18N4O/c22-17(9-12-11-18-16-4-2-1-3-15(12)16)20-13-6-8-21-14(10-13)5-7-19-21/h1-5,7,11,13,18H,6,8-10H2,(H,20,22)/t13-/m0/s1. The van der Waals surface area contributed by atoms with Gasteiger partial charge >= 0.3 is 0 Å². The molecule has 3 aromatic rings. The van der Waals surface area contributed by atoms with Crippen LogP contribution < -0.4 is 5.32 Å². The monoisotopic (exact) mass is 294 g/mol. The number of nitrogens with one attached hydrogen (secondary N) is 2. The van der Waals surface area contributed by atoms with Gasteiger partial charge < -0.3 is 10.3 Å². The zero-order valence-corrected chi connectivity index (χ0v) is 12.2. The van der Waals surface area contributed by atoms with Crippen molar-refractivity contribution in [2.24, 2.45) is 0 Å². The zero-order valence-electron chi connectivity index (χ0n) is 12.2. The Morgan fingerprint density at radius 2 is 2.27 bits per heavy atom. The van der Waals surface area contributed by atoms with Gasteiger partial charge in [0, 0.05) is 48.0 Å². The van der Waals surface area contributed by atoms with Crippen molar-refractivity contribution in [2.45, 2.75) is 31.8 Å². The molecule has 0 radical (unpaired) electrons. The minimum Gasteiger partial charge on any atom is -0.361 e. The Bertz CT molecular complexity index is 817. The number of aromatic amines is 1. The number of carbonyl (C=O) groups excluding carboxylic acids is 1. The molecule has 0 aliphatic carbocycles. The molecule has 1 aromatic carbocycles. The fourth-order valence-electron chi connectivity index (χ4n) is 3.22. The maximum atomic E-state index is 12.3. The first-order chi connectivity index (χ1) is 10.8. The van der Waals surface area contributed by atoms with E-state index in [9.17, 15) is 4.79 Å². The van der Waals surface area contributed by atoms with Crippen molar-refractivity contribution in [1.82, 2.24) is 20.1 Å². The van der Waals surface area contributed by atoms with Gasteiger partial charge in [-0.1, -0.05) is 18.2 Å². The maximum Gasteiger partial charge on any atom is 0.224 e. The number of hydrogen-bond donors (Lipinski definition) is 2. The second kappa shape index (κ2) is 5.33. The van der Waals surface area contributed by atoms with Crippen LogP contribution in [0.1, 0.15) is 17.7 Å². The van der Waals surface area contributed by atoms with Crippen LogP contribution in [0.25, 0.3) is 10.9 Å². The molecule has 1 atom stereocenters. The fraction of sp³-hybridized carbons (Fsp3) is 0.294. The number of hydrogen-bond acceptors (Lipinski definition) is 2. The molecule has 3 heterocycles. The lowest BCUT2D eigenvalue weighted by Crippen LogP contribution is -2.40. The van der Waals surface area contributed by atoms with E-state index in [4.69, 9.17) is 0 Å². The van der Waals surface area contributed by atoms with Crippen molar-refractivity contribution < 1.29 is 4.79 Å². The summed E-state index contributed by atoms with van der Waals surface area (Å²) < 4.78 is 2.02. The van der Waals surface area contributed by atoms with E-state index in [-0.39, 0.29) is 11.9 Å². The molecule has 2 N–H and O–H groups in total. The number of nitrogens with zero attached hydrogens (tertiary/aromatic N) is 2. The molecule has 2 aromatic heterocycles. The number of fused-ring (bicyclic) bond motifs is 2. The van der Waals surface area contributed by atoms with Crippen molar-refractivity contribution in [3.63, 3.8) is 0 Å². The molecule has 0 unspecified atom stereocenters. The summed E-state index contributed by atoms with van der Waals surface area (Å²) in [7, 11) is 0. The zero-order chi connectivity index (χ0) is 14.9. The van der Waals surface area contributed by atoms with Crippen molar-refractivity contribution in [3.05, 3.63) is 54.0 Å². The van der Waals surface area contributed by atoms with E-state index in [1.807, 2.05) is 47.4 Å². The topological polar surface area (TPSA) is 62.7 Å². The molecule has 0 saturated heterocycles. The number of para-hydroxylation sites is 1. The van der Waals surface area contributed by atoms with Crippen LogP contribution in [0.2, 0.25) is 0 Å². The minimum absolute atomic E-state index is 0.0859. The third kappa shape index (κ3) is 2.39. The Morgan fingerprint density at radius 1 is 1.36 bits per heavy atom. The van der Waals surface area contributed by atoms with E-state index in [0.29, 0.717) is 6.42 Å². The van der Waals surface area contributed by atoms with Crippen LogP contribution in [0.3, 0.4) is 0 Å². The van der Waals surface area contributed by atoms with Gasteiger partial charge in [-0.25, -0.2) is 0 Å². The maximum absolute atomic E-state index is 12.3. The number of carbonyl (C=O) groups is 1. The molecule has 22 heavy (non-hydrogen) atoms. The second-order valence-corrected chi connectivity index (χ2v) is 5.84. The van der Waals surface area contributed by atoms with Crippen molar-refractivity contribution >= 4 is 16.8 Å². The number of rotatable bonds is 3. The van der Waals surface area contributed by atoms with E-state index in [0.717, 1.165) is 35.9 Å². The summed E-state index contributed by atoms with van der Waals surface area (Å²) in [6.45, 7) is 0.875. The molecule has 0 bridgehead atoms. The number of aryl methyl sites for hydroxylation is 1. The minimum atomic E-state index is 0.0859. The third-order valence-corrected chi connectivity index (χ3v) is 4.34. The molecule has 0 saturated carbocycles. The van der Waals surface area contributed by atoms with Gasteiger partial charge in [-0.15, -0.1) is 0 Å². The van der Waals surface area contributed by atoms with Gasteiger partial charge in [0.05, 0.1) is 6.42 Å². The van der Waals surface area contributed by atoms with Gasteiger partial charge in [0.25, 0.3) is 0 Å². The second-order valence-electron chi connectivity index (χ2n) is 5.84. The normalized spacial score (nSPS) is 17.4. The lowest BCUT2D eigenvalue weighted by atomic mass is 10.0. The van der Waals surface area contributed by atoms with Gasteiger partial charge in [0.1, 0.15) is 0 Å². The summed E-state index contributed by atoms with van der Waals surface area (Å²) >= 11 is 0. The Morgan fingerprint density at radius 3 is 3.23 bits per heavy atom. The quantitative estimate of drug-likeness (QED) is 0.776. The molecule has 5 nitrogen and oxygen atoms in total. The van der Waals surface area contributed by atoms with Crippen LogP contribution in [-0.4, -0.2) is 26.7 Å². The predicted octanol–water partition coefficient (Wildman–Crippen LogP) is 2.04. The van der Waals surface area contributed by atoms with Gasteiger partial charge in [-0.05, 0) is 24.1 Å². The van der Waals surface area contributed by atoms with Crippen molar-refractivity contribution in [1.29, 1.82) is 0 Å². The Hall–Kier alpha value is -2.56. The van der Waals surface area contributed by atoms with E-state index in [1.165, 1.54) is 5.69 Å². The summed E-state index contributed by atoms with van der Waals surface area (Å²) in [5.41, 5.74) is 3.32. The first kappa shape index (κ1) is 13.1. The largest absolute Gasteiger partial charge is 0.361 e. The van der Waals surface area contributed by atoms with E-state index < -0.39 is 0 Å². The van der Waals surface area contributed by atoms with Gasteiger partial charge in [0.15, 0.2) is 0 Å². The van der Waals surface area contributed by atoms with Gasteiger partial charge in [-0.2, -0.15) is 5.10 Å². The third-order valence-electron chi connectivity index (χ3n) is 4.34. The summed E-state index contributed by atoms with van der Waals surface area (Å²) in [5, 5.41) is 8.55. The van der Waals surface area contributed by atoms with Crippen LogP contribution in [0.15, 0.2) is 42.7 Å². The van der Waals surface area contributed by atoms with Gasteiger partial charge in [0.2, 0.25) is 5.91 Å². The number of H-pyrrole nitrogens is 1. The molecule has 1 amide bonds. The number of aromatic nitrogens is 3. The number of amides is 1. The van der Waals surface area contributed by atoms with Crippen LogP contribution in [0.5, 0.6) is 0 Å². The molecular weight excluding hydrogens is 276 g/mol. The highest BCUT2D eigenvalue weighted by Gasteiger charge is 2.20. The summed E-state index contributed by atoms with van der Waals surface area (Å²) in [5.74, 6) is 0.0859. The molecule has 1 aliphatic rings.